The van der Waals surface area contributed by atoms with Gasteiger partial charge in [-0.05, 0) is 50.8 Å². The Kier molecular flexibility index (Phi) is 5.79. The highest BCUT2D eigenvalue weighted by Gasteiger charge is 2.21. The van der Waals surface area contributed by atoms with Crippen molar-refractivity contribution in [1.82, 2.24) is 5.32 Å². The number of benzene rings is 1. The molecule has 0 radical (unpaired) electrons. The van der Waals surface area contributed by atoms with Crippen LogP contribution in [0, 0.1) is 19.8 Å². The predicted octanol–water partition coefficient (Wildman–Crippen LogP) is 3.50. The summed E-state index contributed by atoms with van der Waals surface area (Å²) < 4.78 is 12.4. The van der Waals surface area contributed by atoms with Crippen molar-refractivity contribution in [2.45, 2.75) is 45.6 Å². The van der Waals surface area contributed by atoms with Crippen LogP contribution in [0.5, 0.6) is 0 Å². The molecule has 2 nitrogen and oxygen atoms in total. The first-order valence-electron chi connectivity index (χ1n) is 7.69. The molecule has 1 aromatic rings. The Labute approximate surface area is 125 Å². The van der Waals surface area contributed by atoms with Crippen LogP contribution in [0.1, 0.15) is 48.4 Å². The molecule has 1 aliphatic rings. The Bertz CT molecular complexity index is 466. The van der Waals surface area contributed by atoms with Crippen molar-refractivity contribution in [3.8, 4) is 0 Å². The molecule has 1 N–H and O–H groups in total. The Morgan fingerprint density at radius 2 is 2.00 bits per heavy atom. The van der Waals surface area contributed by atoms with Crippen LogP contribution in [0.15, 0.2) is 18.2 Å². The summed E-state index contributed by atoms with van der Waals surface area (Å²) >= 11 is 0. The molecule has 0 saturated heterocycles. The number of hydrogen-bond acceptors (Lipinski definition) is 2. The molecule has 0 heterocycles. The first-order chi connectivity index (χ1) is 9.60. The fraction of sp³-hybridized carbons (Fsp3) is 0.647. The molecule has 3 heteroatoms. The Hall–Kier alpha value is -0.670. The van der Waals surface area contributed by atoms with Gasteiger partial charge in [0.15, 0.2) is 0 Å². The zero-order chi connectivity index (χ0) is 14.5. The number of nitrogens with one attached hydrogen (secondary N) is 1. The third-order valence-corrected chi connectivity index (χ3v) is 5.96. The van der Waals surface area contributed by atoms with Crippen LogP contribution >= 0.6 is 0 Å². The van der Waals surface area contributed by atoms with E-state index in [9.17, 15) is 4.21 Å². The van der Waals surface area contributed by atoms with Crippen molar-refractivity contribution in [3.05, 3.63) is 34.9 Å². The SMILES string of the molecule is CNC(CS(=O)CC1CCCC1)c1cc(C)ccc1C. The van der Waals surface area contributed by atoms with E-state index in [0.29, 0.717) is 5.92 Å². The number of aryl methyl sites for hydroxylation is 2. The van der Waals surface area contributed by atoms with E-state index in [0.717, 1.165) is 11.5 Å². The Morgan fingerprint density at radius 1 is 1.30 bits per heavy atom. The second-order valence-corrected chi connectivity index (χ2v) is 7.67. The van der Waals surface area contributed by atoms with Crippen molar-refractivity contribution < 1.29 is 4.21 Å². The molecule has 1 aliphatic carbocycles. The predicted molar refractivity (Wildman–Crippen MR) is 87.6 cm³/mol. The van der Waals surface area contributed by atoms with Gasteiger partial charge in [0.1, 0.15) is 0 Å². The first-order valence-corrected chi connectivity index (χ1v) is 9.18. The zero-order valence-electron chi connectivity index (χ0n) is 12.9. The van der Waals surface area contributed by atoms with E-state index in [4.69, 9.17) is 0 Å². The molecule has 0 spiro atoms. The van der Waals surface area contributed by atoms with Gasteiger partial charge in [0.2, 0.25) is 0 Å². The fourth-order valence-electron chi connectivity index (χ4n) is 3.16. The summed E-state index contributed by atoms with van der Waals surface area (Å²) in [5.41, 5.74) is 3.85. The van der Waals surface area contributed by atoms with Crippen molar-refractivity contribution in [2.24, 2.45) is 5.92 Å². The number of hydrogen-bond donors (Lipinski definition) is 1. The normalized spacial score (nSPS) is 19.1. The van der Waals surface area contributed by atoms with Gasteiger partial charge in [-0.3, -0.25) is 4.21 Å². The average molecular weight is 293 g/mol. The van der Waals surface area contributed by atoms with Crippen LogP contribution in [-0.2, 0) is 10.8 Å². The second kappa shape index (κ2) is 7.37. The molecule has 2 atom stereocenters. The molecular weight excluding hydrogens is 266 g/mol. The van der Waals surface area contributed by atoms with Gasteiger partial charge in [-0.1, -0.05) is 36.6 Å². The number of rotatable bonds is 6. The van der Waals surface area contributed by atoms with Crippen LogP contribution in [0.4, 0.5) is 0 Å². The van der Waals surface area contributed by atoms with Gasteiger partial charge >= 0.3 is 0 Å². The van der Waals surface area contributed by atoms with E-state index in [1.54, 1.807) is 0 Å². The quantitative estimate of drug-likeness (QED) is 0.869. The van der Waals surface area contributed by atoms with Gasteiger partial charge in [0.05, 0.1) is 0 Å². The molecule has 0 amide bonds. The highest BCUT2D eigenvalue weighted by Crippen LogP contribution is 2.26. The van der Waals surface area contributed by atoms with E-state index in [2.05, 4.69) is 37.4 Å². The molecule has 112 valence electrons. The van der Waals surface area contributed by atoms with Gasteiger partial charge in [-0.25, -0.2) is 0 Å². The molecule has 2 rings (SSSR count). The van der Waals surface area contributed by atoms with Gasteiger partial charge < -0.3 is 5.32 Å². The maximum atomic E-state index is 12.4. The van der Waals surface area contributed by atoms with Crippen molar-refractivity contribution >= 4 is 10.8 Å². The average Bonchev–Trinajstić information content (AvgIpc) is 2.92. The lowest BCUT2D eigenvalue weighted by Crippen LogP contribution is -2.25. The van der Waals surface area contributed by atoms with E-state index in [1.165, 1.54) is 42.4 Å². The standard InChI is InChI=1S/C17H27NOS/c1-13-8-9-14(2)16(10-13)17(18-3)12-20(19)11-15-6-4-5-7-15/h8-10,15,17-18H,4-7,11-12H2,1-3H3. The topological polar surface area (TPSA) is 29.1 Å². The maximum Gasteiger partial charge on any atom is 0.0437 e. The summed E-state index contributed by atoms with van der Waals surface area (Å²) in [7, 11) is 1.25. The van der Waals surface area contributed by atoms with E-state index in [-0.39, 0.29) is 6.04 Å². The summed E-state index contributed by atoms with van der Waals surface area (Å²) in [6, 6.07) is 6.73. The lowest BCUT2D eigenvalue weighted by molar-refractivity contribution is 0.593. The highest BCUT2D eigenvalue weighted by atomic mass is 32.2. The molecule has 1 saturated carbocycles. The lowest BCUT2D eigenvalue weighted by atomic mass is 10.0. The van der Waals surface area contributed by atoms with E-state index >= 15 is 0 Å². The summed E-state index contributed by atoms with van der Waals surface area (Å²) in [4.78, 5) is 0. The minimum atomic E-state index is -0.718. The fourth-order valence-corrected chi connectivity index (χ4v) is 4.87. The third-order valence-electron chi connectivity index (χ3n) is 4.41. The monoisotopic (exact) mass is 293 g/mol. The van der Waals surface area contributed by atoms with Crippen molar-refractivity contribution in [1.29, 1.82) is 0 Å². The largest absolute Gasteiger partial charge is 0.312 e. The molecule has 2 unspecified atom stereocenters. The van der Waals surface area contributed by atoms with Crippen LogP contribution in [0.25, 0.3) is 0 Å². The molecule has 0 bridgehead atoms. The molecule has 0 aromatic heterocycles. The smallest absolute Gasteiger partial charge is 0.0437 e. The minimum absolute atomic E-state index is 0.206. The Morgan fingerprint density at radius 3 is 2.65 bits per heavy atom. The summed E-state index contributed by atoms with van der Waals surface area (Å²) in [6.07, 6.45) is 5.21. The maximum absolute atomic E-state index is 12.4. The lowest BCUT2D eigenvalue weighted by Gasteiger charge is -2.20. The summed E-state index contributed by atoms with van der Waals surface area (Å²) in [5.74, 6) is 2.33. The van der Waals surface area contributed by atoms with Crippen LogP contribution < -0.4 is 5.32 Å². The van der Waals surface area contributed by atoms with Crippen LogP contribution in [0.3, 0.4) is 0 Å². The Balaban J connectivity index is 2.00. The summed E-state index contributed by atoms with van der Waals surface area (Å²) in [5, 5.41) is 3.35. The van der Waals surface area contributed by atoms with E-state index < -0.39 is 10.8 Å². The van der Waals surface area contributed by atoms with Gasteiger partial charge in [-0.2, -0.15) is 0 Å². The first kappa shape index (κ1) is 15.7. The molecular formula is C17H27NOS. The second-order valence-electron chi connectivity index (χ2n) is 6.12. The third kappa shape index (κ3) is 4.16. The van der Waals surface area contributed by atoms with Crippen molar-refractivity contribution in [3.63, 3.8) is 0 Å². The van der Waals surface area contributed by atoms with Gasteiger partial charge in [-0.15, -0.1) is 0 Å². The van der Waals surface area contributed by atoms with Gasteiger partial charge in [0, 0.05) is 28.3 Å². The van der Waals surface area contributed by atoms with E-state index in [1.807, 2.05) is 7.05 Å². The molecule has 1 aromatic carbocycles. The molecule has 1 fully saturated rings. The van der Waals surface area contributed by atoms with Crippen LogP contribution in [0.2, 0.25) is 0 Å². The summed E-state index contributed by atoms with van der Waals surface area (Å²) in [6.45, 7) is 4.25. The highest BCUT2D eigenvalue weighted by molar-refractivity contribution is 7.85. The minimum Gasteiger partial charge on any atom is -0.312 e. The van der Waals surface area contributed by atoms with Crippen molar-refractivity contribution in [2.75, 3.05) is 18.6 Å². The van der Waals surface area contributed by atoms with Crippen LogP contribution in [-0.4, -0.2) is 22.8 Å². The molecule has 0 aliphatic heterocycles. The molecule has 20 heavy (non-hydrogen) atoms. The zero-order valence-corrected chi connectivity index (χ0v) is 13.8. The van der Waals surface area contributed by atoms with Gasteiger partial charge in [0.25, 0.3) is 0 Å².